The lowest BCUT2D eigenvalue weighted by Gasteiger charge is -2.34. The fraction of sp³-hybridized carbons (Fsp3) is 0.632. The number of carbonyl (C=O) groups is 1. The number of nitrogens with one attached hydrogen (secondary N) is 2. The van der Waals surface area contributed by atoms with Crippen LogP contribution in [0.15, 0.2) is 29.2 Å². The second-order valence-corrected chi connectivity index (χ2v) is 9.11. The SMILES string of the molecule is COC1(C(=O)NCc2ccccc2S(=O)(=O)N2CCCCC2)CCNCC1.Cl. The number of sulfonamides is 1. The fourth-order valence-electron chi connectivity index (χ4n) is 3.84. The maximum Gasteiger partial charge on any atom is 0.252 e. The van der Waals surface area contributed by atoms with Crippen LogP contribution in [0.2, 0.25) is 0 Å². The second kappa shape index (κ2) is 10.0. The van der Waals surface area contributed by atoms with Gasteiger partial charge in [-0.3, -0.25) is 4.79 Å². The van der Waals surface area contributed by atoms with E-state index in [0.29, 0.717) is 31.5 Å². The average Bonchev–Trinajstić information content (AvgIpc) is 2.73. The number of rotatable bonds is 6. The minimum absolute atomic E-state index is 0. The molecule has 0 radical (unpaired) electrons. The van der Waals surface area contributed by atoms with Crippen molar-refractivity contribution in [2.24, 2.45) is 0 Å². The summed E-state index contributed by atoms with van der Waals surface area (Å²) < 4.78 is 33.2. The van der Waals surface area contributed by atoms with Crippen LogP contribution in [0.1, 0.15) is 37.7 Å². The number of amides is 1. The lowest BCUT2D eigenvalue weighted by molar-refractivity contribution is -0.146. The van der Waals surface area contributed by atoms with Crippen LogP contribution < -0.4 is 10.6 Å². The standard InChI is InChI=1S/C19H29N3O4S.ClH/c1-26-19(9-11-20-12-10-19)18(23)21-15-16-7-3-4-8-17(16)27(24,25)22-13-5-2-6-14-22;/h3-4,7-8,20H,2,5-6,9-15H2,1H3,(H,21,23);1H. The molecule has 0 bridgehead atoms. The molecular weight excluding hydrogens is 402 g/mol. The molecule has 2 fully saturated rings. The molecule has 1 aromatic rings. The van der Waals surface area contributed by atoms with E-state index in [1.165, 1.54) is 0 Å². The van der Waals surface area contributed by atoms with Crippen molar-refractivity contribution in [3.05, 3.63) is 29.8 Å². The molecule has 2 aliphatic rings. The van der Waals surface area contributed by atoms with Gasteiger partial charge >= 0.3 is 0 Å². The van der Waals surface area contributed by atoms with Gasteiger partial charge in [0.1, 0.15) is 5.60 Å². The number of hydrogen-bond donors (Lipinski definition) is 2. The first-order chi connectivity index (χ1) is 13.0. The van der Waals surface area contributed by atoms with Crippen LogP contribution in [0, 0.1) is 0 Å². The van der Waals surface area contributed by atoms with E-state index < -0.39 is 15.6 Å². The predicted molar refractivity (Wildman–Crippen MR) is 110 cm³/mol. The molecule has 2 heterocycles. The number of carbonyl (C=O) groups excluding carboxylic acids is 1. The van der Waals surface area contributed by atoms with Crippen molar-refractivity contribution in [3.8, 4) is 0 Å². The summed E-state index contributed by atoms with van der Waals surface area (Å²) in [5.74, 6) is -0.184. The summed E-state index contributed by atoms with van der Waals surface area (Å²) in [6.45, 7) is 2.73. The molecule has 0 saturated carbocycles. The monoisotopic (exact) mass is 431 g/mol. The van der Waals surface area contributed by atoms with Crippen molar-refractivity contribution in [1.29, 1.82) is 0 Å². The van der Waals surface area contributed by atoms with Crippen molar-refractivity contribution in [2.75, 3.05) is 33.3 Å². The molecular formula is C19H30ClN3O4S. The Morgan fingerprint density at radius 3 is 2.46 bits per heavy atom. The smallest absolute Gasteiger partial charge is 0.252 e. The molecule has 9 heteroatoms. The summed E-state index contributed by atoms with van der Waals surface area (Å²) in [6, 6.07) is 6.92. The van der Waals surface area contributed by atoms with Crippen molar-refractivity contribution >= 4 is 28.3 Å². The van der Waals surface area contributed by atoms with E-state index in [0.717, 1.165) is 32.4 Å². The zero-order chi connectivity index (χ0) is 19.3. The summed E-state index contributed by atoms with van der Waals surface area (Å²) in [5, 5.41) is 6.12. The molecule has 3 rings (SSSR count). The lowest BCUT2D eigenvalue weighted by atomic mass is 9.91. The van der Waals surface area contributed by atoms with Gasteiger partial charge in [0.15, 0.2) is 0 Å². The molecule has 2 N–H and O–H groups in total. The fourth-order valence-corrected chi connectivity index (χ4v) is 5.58. The Bertz CT molecular complexity index is 760. The van der Waals surface area contributed by atoms with Gasteiger partial charge in [-0.1, -0.05) is 24.6 Å². The number of benzene rings is 1. The van der Waals surface area contributed by atoms with Crippen LogP contribution in [0.5, 0.6) is 0 Å². The molecule has 158 valence electrons. The van der Waals surface area contributed by atoms with E-state index in [9.17, 15) is 13.2 Å². The van der Waals surface area contributed by atoms with Crippen LogP contribution >= 0.6 is 12.4 Å². The van der Waals surface area contributed by atoms with E-state index in [4.69, 9.17) is 4.74 Å². The summed E-state index contributed by atoms with van der Waals surface area (Å²) in [6.07, 6.45) is 4.05. The van der Waals surface area contributed by atoms with Crippen LogP contribution in [-0.4, -0.2) is 57.5 Å². The van der Waals surface area contributed by atoms with E-state index in [2.05, 4.69) is 10.6 Å². The number of nitrogens with zero attached hydrogens (tertiary/aromatic N) is 1. The minimum Gasteiger partial charge on any atom is -0.368 e. The number of methoxy groups -OCH3 is 1. The summed E-state index contributed by atoms with van der Waals surface area (Å²) in [5.41, 5.74) is -0.233. The normalized spacial score (nSPS) is 20.2. The summed E-state index contributed by atoms with van der Waals surface area (Å²) >= 11 is 0. The van der Waals surface area contributed by atoms with Crippen LogP contribution in [0.25, 0.3) is 0 Å². The average molecular weight is 432 g/mol. The van der Waals surface area contributed by atoms with Crippen LogP contribution in [-0.2, 0) is 26.1 Å². The van der Waals surface area contributed by atoms with Crippen molar-refractivity contribution in [3.63, 3.8) is 0 Å². The van der Waals surface area contributed by atoms with Gasteiger partial charge < -0.3 is 15.4 Å². The third-order valence-electron chi connectivity index (χ3n) is 5.56. The number of ether oxygens (including phenoxy) is 1. The van der Waals surface area contributed by atoms with E-state index >= 15 is 0 Å². The van der Waals surface area contributed by atoms with E-state index in [1.807, 2.05) is 0 Å². The Morgan fingerprint density at radius 2 is 1.82 bits per heavy atom. The predicted octanol–water partition coefficient (Wildman–Crippen LogP) is 1.67. The zero-order valence-corrected chi connectivity index (χ0v) is 17.9. The van der Waals surface area contributed by atoms with Crippen LogP contribution in [0.3, 0.4) is 0 Å². The summed E-state index contributed by atoms with van der Waals surface area (Å²) in [4.78, 5) is 13.0. The van der Waals surface area contributed by atoms with Gasteiger partial charge in [-0.25, -0.2) is 8.42 Å². The highest BCUT2D eigenvalue weighted by molar-refractivity contribution is 7.89. The minimum atomic E-state index is -3.55. The van der Waals surface area contributed by atoms with Gasteiger partial charge in [-0.15, -0.1) is 12.4 Å². The molecule has 2 aliphatic heterocycles. The Balaban J connectivity index is 0.00000280. The van der Waals surface area contributed by atoms with Gasteiger partial charge in [0.05, 0.1) is 4.90 Å². The second-order valence-electron chi connectivity index (χ2n) is 7.20. The van der Waals surface area contributed by atoms with E-state index in [-0.39, 0.29) is 29.8 Å². The summed E-state index contributed by atoms with van der Waals surface area (Å²) in [7, 11) is -1.99. The van der Waals surface area contributed by atoms with Gasteiger partial charge in [-0.2, -0.15) is 4.31 Å². The van der Waals surface area contributed by atoms with E-state index in [1.54, 1.807) is 35.7 Å². The first kappa shape index (κ1) is 23.1. The van der Waals surface area contributed by atoms with Gasteiger partial charge in [-0.05, 0) is 50.4 Å². The molecule has 0 aromatic heterocycles. The largest absolute Gasteiger partial charge is 0.368 e. The molecule has 0 spiro atoms. The molecule has 0 atom stereocenters. The quantitative estimate of drug-likeness (QED) is 0.715. The Labute approximate surface area is 173 Å². The Morgan fingerprint density at radius 1 is 1.18 bits per heavy atom. The highest BCUT2D eigenvalue weighted by Gasteiger charge is 2.39. The molecule has 1 aromatic carbocycles. The van der Waals surface area contributed by atoms with Crippen LogP contribution in [0.4, 0.5) is 0 Å². The number of hydrogen-bond acceptors (Lipinski definition) is 5. The van der Waals surface area contributed by atoms with Crippen molar-refractivity contribution < 1.29 is 17.9 Å². The zero-order valence-electron chi connectivity index (χ0n) is 16.3. The highest BCUT2D eigenvalue weighted by atomic mass is 35.5. The highest BCUT2D eigenvalue weighted by Crippen LogP contribution is 2.25. The van der Waals surface area contributed by atoms with Crippen molar-refractivity contribution in [1.82, 2.24) is 14.9 Å². The number of halogens is 1. The lowest BCUT2D eigenvalue weighted by Crippen LogP contribution is -2.54. The third-order valence-corrected chi connectivity index (χ3v) is 7.56. The molecule has 1 amide bonds. The maximum atomic E-state index is 13.1. The first-order valence-electron chi connectivity index (χ1n) is 9.62. The third kappa shape index (κ3) is 4.86. The van der Waals surface area contributed by atoms with Gasteiger partial charge in [0.25, 0.3) is 5.91 Å². The Hall–Kier alpha value is -1.19. The molecule has 7 nitrogen and oxygen atoms in total. The first-order valence-corrected chi connectivity index (χ1v) is 11.1. The number of piperidine rings is 2. The molecule has 28 heavy (non-hydrogen) atoms. The molecule has 0 aliphatic carbocycles. The Kier molecular flexibility index (Phi) is 8.27. The topological polar surface area (TPSA) is 87.7 Å². The van der Waals surface area contributed by atoms with Crippen molar-refractivity contribution in [2.45, 2.75) is 49.1 Å². The van der Waals surface area contributed by atoms with Gasteiger partial charge in [0.2, 0.25) is 10.0 Å². The maximum absolute atomic E-state index is 13.1. The van der Waals surface area contributed by atoms with Gasteiger partial charge in [0, 0.05) is 26.7 Å². The molecule has 0 unspecified atom stereocenters. The molecule has 2 saturated heterocycles.